The van der Waals surface area contributed by atoms with Crippen molar-refractivity contribution in [1.82, 2.24) is 15.3 Å². The van der Waals surface area contributed by atoms with Crippen LogP contribution in [0.25, 0.3) is 0 Å². The average molecular weight is 540 g/mol. The van der Waals surface area contributed by atoms with Gasteiger partial charge >= 0.3 is 6.09 Å². The first-order valence-electron chi connectivity index (χ1n) is 11.3. The Bertz CT molecular complexity index is 1180. The van der Waals surface area contributed by atoms with E-state index in [9.17, 15) is 28.4 Å². The Hall–Kier alpha value is -3.48. The van der Waals surface area contributed by atoms with Gasteiger partial charge in [0, 0.05) is 24.2 Å². The fraction of sp³-hybridized carbons (Fsp3) is 0.375. The third-order valence-electron chi connectivity index (χ3n) is 6.39. The van der Waals surface area contributed by atoms with E-state index in [2.05, 4.69) is 0 Å². The zero-order valence-electron chi connectivity index (χ0n) is 19.7. The van der Waals surface area contributed by atoms with Crippen molar-refractivity contribution in [2.75, 3.05) is 33.4 Å². The molecule has 2 fully saturated rings. The number of halogens is 3. The third kappa shape index (κ3) is 5.17. The fourth-order valence-corrected chi connectivity index (χ4v) is 4.84. The molecule has 0 aliphatic carbocycles. The van der Waals surface area contributed by atoms with Gasteiger partial charge in [0.2, 0.25) is 0 Å². The molecule has 13 heteroatoms. The molecular weight excluding hydrogens is 516 g/mol. The summed E-state index contributed by atoms with van der Waals surface area (Å²) in [6.07, 6.45) is -0.295. The van der Waals surface area contributed by atoms with Gasteiger partial charge in [-0.15, -0.1) is 0 Å². The second kappa shape index (κ2) is 10.9. The molecular formula is C24H24ClF2N3O7. The maximum Gasteiger partial charge on any atom is 0.410 e. The summed E-state index contributed by atoms with van der Waals surface area (Å²) in [5, 5.41) is 9.83. The molecule has 2 heterocycles. The van der Waals surface area contributed by atoms with E-state index < -0.39 is 46.9 Å². The lowest BCUT2D eigenvalue weighted by atomic mass is 9.93. The SMILES string of the molecule is COCCOC(=O)N1CC2CCC(C(=O)NO)(C1)N2C(=O)c1cc(F)c(Oc2ccc(Cl)cc2)c(F)c1. The molecule has 2 bridgehead atoms. The number of hydroxylamine groups is 1. The molecule has 0 radical (unpaired) electrons. The van der Waals surface area contributed by atoms with Crippen LogP contribution in [0.4, 0.5) is 13.6 Å². The number of piperazine rings is 1. The number of benzene rings is 2. The topological polar surface area (TPSA) is 118 Å². The Morgan fingerprint density at radius 3 is 2.46 bits per heavy atom. The molecule has 3 amide bonds. The van der Waals surface area contributed by atoms with E-state index in [-0.39, 0.29) is 44.0 Å². The van der Waals surface area contributed by atoms with E-state index in [0.717, 1.165) is 12.1 Å². The number of hydrogen-bond donors (Lipinski definition) is 2. The summed E-state index contributed by atoms with van der Waals surface area (Å²) in [4.78, 5) is 41.3. The quantitative estimate of drug-likeness (QED) is 0.315. The van der Waals surface area contributed by atoms with Crippen molar-refractivity contribution in [3.63, 3.8) is 0 Å². The first kappa shape index (κ1) is 26.6. The molecule has 2 N–H and O–H groups in total. The van der Waals surface area contributed by atoms with Crippen molar-refractivity contribution in [3.05, 3.63) is 58.6 Å². The molecule has 2 unspecified atom stereocenters. The number of nitrogens with zero attached hydrogens (tertiary/aromatic N) is 2. The van der Waals surface area contributed by atoms with Gasteiger partial charge in [-0.2, -0.15) is 0 Å². The Kier molecular flexibility index (Phi) is 7.81. The highest BCUT2D eigenvalue weighted by molar-refractivity contribution is 6.30. The van der Waals surface area contributed by atoms with Gasteiger partial charge < -0.3 is 24.0 Å². The lowest BCUT2D eigenvalue weighted by Crippen LogP contribution is -2.69. The van der Waals surface area contributed by atoms with Crippen LogP contribution < -0.4 is 10.2 Å². The largest absolute Gasteiger partial charge is 0.451 e. The number of fused-ring (bicyclic) bond motifs is 2. The first-order valence-corrected chi connectivity index (χ1v) is 11.7. The molecule has 10 nitrogen and oxygen atoms in total. The number of hydrogen-bond acceptors (Lipinski definition) is 7. The Morgan fingerprint density at radius 1 is 1.16 bits per heavy atom. The van der Waals surface area contributed by atoms with Gasteiger partial charge in [-0.1, -0.05) is 11.6 Å². The molecule has 2 aromatic carbocycles. The summed E-state index contributed by atoms with van der Waals surface area (Å²) in [6.45, 7) is -0.0943. The van der Waals surface area contributed by atoms with Gasteiger partial charge in [-0.05, 0) is 49.2 Å². The van der Waals surface area contributed by atoms with Crippen molar-refractivity contribution in [1.29, 1.82) is 0 Å². The molecule has 0 saturated carbocycles. The summed E-state index contributed by atoms with van der Waals surface area (Å²) in [5.41, 5.74) is -0.475. The van der Waals surface area contributed by atoms with E-state index in [1.54, 1.807) is 5.48 Å². The number of carbonyl (C=O) groups is 3. The van der Waals surface area contributed by atoms with E-state index in [0.29, 0.717) is 11.4 Å². The van der Waals surface area contributed by atoms with Crippen LogP contribution in [0.2, 0.25) is 5.02 Å². The van der Waals surface area contributed by atoms with Crippen molar-refractivity contribution in [2.45, 2.75) is 24.4 Å². The second-order valence-electron chi connectivity index (χ2n) is 8.65. The lowest BCUT2D eigenvalue weighted by Gasteiger charge is -2.47. The second-order valence-corrected chi connectivity index (χ2v) is 9.09. The van der Waals surface area contributed by atoms with Crippen LogP contribution in [-0.2, 0) is 14.3 Å². The number of ether oxygens (including phenoxy) is 3. The number of methoxy groups -OCH3 is 1. The average Bonchev–Trinajstić information content (AvgIpc) is 3.12. The maximum absolute atomic E-state index is 14.9. The predicted molar refractivity (Wildman–Crippen MR) is 125 cm³/mol. The van der Waals surface area contributed by atoms with E-state index in [1.165, 1.54) is 41.2 Å². The van der Waals surface area contributed by atoms with Crippen molar-refractivity contribution >= 4 is 29.5 Å². The Labute approximate surface area is 215 Å². The van der Waals surface area contributed by atoms with E-state index in [1.807, 2.05) is 0 Å². The van der Waals surface area contributed by atoms with Gasteiger partial charge in [0.05, 0.1) is 19.2 Å². The zero-order valence-corrected chi connectivity index (χ0v) is 20.5. The minimum atomic E-state index is -1.67. The van der Waals surface area contributed by atoms with Crippen LogP contribution >= 0.6 is 11.6 Å². The predicted octanol–water partition coefficient (Wildman–Crippen LogP) is 3.36. The third-order valence-corrected chi connectivity index (χ3v) is 6.65. The number of carbonyl (C=O) groups excluding carboxylic acids is 3. The molecule has 0 spiro atoms. The monoisotopic (exact) mass is 539 g/mol. The molecule has 2 aromatic rings. The number of nitrogens with one attached hydrogen (secondary N) is 1. The van der Waals surface area contributed by atoms with Crippen LogP contribution in [0.5, 0.6) is 11.5 Å². The van der Waals surface area contributed by atoms with Crippen molar-refractivity contribution in [2.24, 2.45) is 0 Å². The molecule has 2 saturated heterocycles. The van der Waals surface area contributed by atoms with Gasteiger partial charge in [0.15, 0.2) is 17.4 Å². The Balaban J connectivity index is 1.60. The Morgan fingerprint density at radius 2 is 1.84 bits per heavy atom. The molecule has 198 valence electrons. The normalized spacial score (nSPS) is 20.5. The molecule has 2 aliphatic heterocycles. The molecule has 2 aliphatic rings. The van der Waals surface area contributed by atoms with E-state index in [4.69, 9.17) is 25.8 Å². The fourth-order valence-electron chi connectivity index (χ4n) is 4.71. The highest BCUT2D eigenvalue weighted by Gasteiger charge is 2.59. The highest BCUT2D eigenvalue weighted by Crippen LogP contribution is 2.41. The van der Waals surface area contributed by atoms with Crippen LogP contribution in [0.3, 0.4) is 0 Å². The molecule has 37 heavy (non-hydrogen) atoms. The van der Waals surface area contributed by atoms with Gasteiger partial charge in [-0.3, -0.25) is 14.8 Å². The summed E-state index contributed by atoms with van der Waals surface area (Å²) in [6, 6.07) is 6.78. The summed E-state index contributed by atoms with van der Waals surface area (Å²) in [7, 11) is 1.45. The summed E-state index contributed by atoms with van der Waals surface area (Å²) < 4.78 is 45.0. The van der Waals surface area contributed by atoms with Gasteiger partial charge in [0.25, 0.3) is 11.8 Å². The number of likely N-dealkylation sites (tertiary alicyclic amines) is 1. The van der Waals surface area contributed by atoms with Crippen molar-refractivity contribution < 1.29 is 42.6 Å². The van der Waals surface area contributed by atoms with Crippen LogP contribution in [-0.4, -0.2) is 77.9 Å². The first-order chi connectivity index (χ1) is 17.7. The van der Waals surface area contributed by atoms with E-state index >= 15 is 0 Å². The summed E-state index contributed by atoms with van der Waals surface area (Å²) >= 11 is 5.81. The maximum atomic E-state index is 14.9. The number of rotatable bonds is 7. The van der Waals surface area contributed by atoms with Crippen LogP contribution in [0.1, 0.15) is 23.2 Å². The summed E-state index contributed by atoms with van der Waals surface area (Å²) in [5.74, 6) is -4.62. The van der Waals surface area contributed by atoms with Gasteiger partial charge in [0.1, 0.15) is 17.9 Å². The smallest absolute Gasteiger partial charge is 0.410 e. The standard InChI is InChI=1S/C24H24ClF2N3O7/c1-35-8-9-36-23(33)29-12-16-6-7-24(13-29,22(32)28-34)30(16)21(31)14-10-18(26)20(19(27)11-14)37-17-4-2-15(25)3-5-17/h2-5,10-11,16,34H,6-9,12-13H2,1H3,(H,28,32). The zero-order chi connectivity index (χ0) is 26.7. The minimum absolute atomic E-state index is 0.0126. The minimum Gasteiger partial charge on any atom is -0.451 e. The molecule has 4 rings (SSSR count). The molecule has 2 atom stereocenters. The van der Waals surface area contributed by atoms with Crippen molar-refractivity contribution in [3.8, 4) is 11.5 Å². The molecule has 0 aromatic heterocycles. The lowest BCUT2D eigenvalue weighted by molar-refractivity contribution is -0.143. The van der Waals surface area contributed by atoms with Crippen LogP contribution in [0, 0.1) is 11.6 Å². The number of amides is 3. The highest BCUT2D eigenvalue weighted by atomic mass is 35.5. The van der Waals surface area contributed by atoms with Crippen LogP contribution in [0.15, 0.2) is 36.4 Å². The van der Waals surface area contributed by atoms with Gasteiger partial charge in [-0.25, -0.2) is 19.1 Å².